The molecule has 1 unspecified atom stereocenters. The van der Waals surface area contributed by atoms with E-state index in [0.717, 1.165) is 29.5 Å². The molecule has 0 saturated carbocycles. The molecule has 0 radical (unpaired) electrons. The summed E-state index contributed by atoms with van der Waals surface area (Å²) < 4.78 is 5.21. The lowest BCUT2D eigenvalue weighted by Gasteiger charge is -2.34. The Morgan fingerprint density at radius 3 is 2.53 bits per heavy atom. The Morgan fingerprint density at radius 2 is 1.88 bits per heavy atom. The minimum absolute atomic E-state index is 0.0582. The lowest BCUT2D eigenvalue weighted by atomic mass is 9.96. The summed E-state index contributed by atoms with van der Waals surface area (Å²) in [7, 11) is 1.51. The minimum Gasteiger partial charge on any atom is -0.495 e. The number of rotatable bonds is 5. The first-order chi connectivity index (χ1) is 15.3. The van der Waals surface area contributed by atoms with Crippen molar-refractivity contribution in [3.63, 3.8) is 0 Å². The maximum absolute atomic E-state index is 13.7. The van der Waals surface area contributed by atoms with Gasteiger partial charge in [0.15, 0.2) is 0 Å². The standard InChI is InChI=1S/C25H27ClN2O4/c1-15-6-7-18(11-16(15)2)22-23(27-10-4-5-17(13-27)14-29)25(31)28(24(22)30)19-8-9-21(32-3)20(26)12-19/h6-9,11-12,17,29H,4-5,10,13-14H2,1-3H3. The number of likely N-dealkylation sites (tertiary alicyclic amines) is 1. The summed E-state index contributed by atoms with van der Waals surface area (Å²) >= 11 is 6.29. The number of aliphatic hydroxyl groups excluding tert-OH is 1. The smallest absolute Gasteiger partial charge is 0.282 e. The molecule has 1 N–H and O–H groups in total. The van der Waals surface area contributed by atoms with Crippen molar-refractivity contribution in [2.75, 3.05) is 31.7 Å². The minimum atomic E-state index is -0.374. The van der Waals surface area contributed by atoms with Gasteiger partial charge in [-0.05, 0) is 67.5 Å². The van der Waals surface area contributed by atoms with Gasteiger partial charge in [-0.3, -0.25) is 9.59 Å². The quantitative estimate of drug-likeness (QED) is 0.692. The van der Waals surface area contributed by atoms with Crippen LogP contribution in [0.5, 0.6) is 5.75 Å². The van der Waals surface area contributed by atoms with E-state index in [1.165, 1.54) is 12.0 Å². The summed E-state index contributed by atoms with van der Waals surface area (Å²) in [5, 5.41) is 10.0. The van der Waals surface area contributed by atoms with Crippen LogP contribution in [0.15, 0.2) is 42.1 Å². The van der Waals surface area contributed by atoms with Gasteiger partial charge in [0, 0.05) is 19.7 Å². The van der Waals surface area contributed by atoms with Crippen molar-refractivity contribution in [1.29, 1.82) is 0 Å². The van der Waals surface area contributed by atoms with E-state index in [2.05, 4.69) is 0 Å². The Hall–Kier alpha value is -2.83. The van der Waals surface area contributed by atoms with Crippen LogP contribution in [0.4, 0.5) is 5.69 Å². The van der Waals surface area contributed by atoms with E-state index in [1.54, 1.807) is 18.2 Å². The third-order valence-corrected chi connectivity index (χ3v) is 6.64. The fourth-order valence-electron chi connectivity index (χ4n) is 4.41. The zero-order chi connectivity index (χ0) is 23.0. The summed E-state index contributed by atoms with van der Waals surface area (Å²) in [6, 6.07) is 10.7. The van der Waals surface area contributed by atoms with Crippen molar-refractivity contribution >= 4 is 34.7 Å². The Kier molecular flexibility index (Phi) is 6.26. The predicted molar refractivity (Wildman–Crippen MR) is 125 cm³/mol. The first-order valence-corrected chi connectivity index (χ1v) is 11.1. The van der Waals surface area contributed by atoms with Gasteiger partial charge in [0.05, 0.1) is 23.4 Å². The number of carbonyl (C=O) groups is 2. The Labute approximate surface area is 193 Å². The average Bonchev–Trinajstić information content (AvgIpc) is 3.05. The number of methoxy groups -OCH3 is 1. The number of aryl methyl sites for hydroxylation is 2. The zero-order valence-corrected chi connectivity index (χ0v) is 19.3. The van der Waals surface area contributed by atoms with E-state index >= 15 is 0 Å². The fraction of sp³-hybridized carbons (Fsp3) is 0.360. The molecule has 1 atom stereocenters. The molecule has 0 spiro atoms. The number of piperidine rings is 1. The highest BCUT2D eigenvalue weighted by Gasteiger charge is 2.43. The second-order valence-electron chi connectivity index (χ2n) is 8.42. The second kappa shape index (κ2) is 8.96. The first-order valence-electron chi connectivity index (χ1n) is 10.8. The number of amides is 2. The number of aliphatic hydroxyl groups is 1. The summed E-state index contributed by atoms with van der Waals surface area (Å²) in [6.07, 6.45) is 1.75. The van der Waals surface area contributed by atoms with Gasteiger partial charge in [0.25, 0.3) is 11.8 Å². The fourth-order valence-corrected chi connectivity index (χ4v) is 4.67. The summed E-state index contributed by atoms with van der Waals surface area (Å²) in [5.41, 5.74) is 4.07. The van der Waals surface area contributed by atoms with Gasteiger partial charge >= 0.3 is 0 Å². The van der Waals surface area contributed by atoms with Gasteiger partial charge in [0.1, 0.15) is 11.4 Å². The molecule has 2 heterocycles. The molecular formula is C25H27ClN2O4. The summed E-state index contributed by atoms with van der Waals surface area (Å²) in [6.45, 7) is 5.26. The number of halogens is 1. The van der Waals surface area contributed by atoms with Crippen molar-refractivity contribution in [1.82, 2.24) is 4.90 Å². The number of hydrogen-bond acceptors (Lipinski definition) is 5. The van der Waals surface area contributed by atoms with E-state index in [9.17, 15) is 14.7 Å². The van der Waals surface area contributed by atoms with Crippen molar-refractivity contribution in [3.05, 3.63) is 63.8 Å². The van der Waals surface area contributed by atoms with Crippen LogP contribution in [-0.2, 0) is 9.59 Å². The van der Waals surface area contributed by atoms with Crippen LogP contribution in [0.3, 0.4) is 0 Å². The number of benzene rings is 2. The van der Waals surface area contributed by atoms with Crippen LogP contribution in [-0.4, -0.2) is 48.6 Å². The van der Waals surface area contributed by atoms with Crippen molar-refractivity contribution < 1.29 is 19.4 Å². The van der Waals surface area contributed by atoms with E-state index in [0.29, 0.717) is 40.8 Å². The Morgan fingerprint density at radius 1 is 1.09 bits per heavy atom. The molecule has 4 rings (SSSR count). The number of hydrogen-bond donors (Lipinski definition) is 1. The third kappa shape index (κ3) is 3.89. The number of imide groups is 1. The van der Waals surface area contributed by atoms with Crippen LogP contribution in [0.1, 0.15) is 29.5 Å². The van der Waals surface area contributed by atoms with Crippen molar-refractivity contribution in [2.24, 2.45) is 5.92 Å². The largest absolute Gasteiger partial charge is 0.495 e. The molecular weight excluding hydrogens is 428 g/mol. The number of carbonyl (C=O) groups excluding carboxylic acids is 2. The van der Waals surface area contributed by atoms with Gasteiger partial charge in [-0.15, -0.1) is 0 Å². The molecule has 1 fully saturated rings. The lowest BCUT2D eigenvalue weighted by Crippen LogP contribution is -2.40. The first kappa shape index (κ1) is 22.4. The van der Waals surface area contributed by atoms with Gasteiger partial charge < -0.3 is 14.7 Å². The van der Waals surface area contributed by atoms with Gasteiger partial charge in [0.2, 0.25) is 0 Å². The molecule has 168 valence electrons. The van der Waals surface area contributed by atoms with Crippen LogP contribution in [0, 0.1) is 19.8 Å². The van der Waals surface area contributed by atoms with Crippen molar-refractivity contribution in [2.45, 2.75) is 26.7 Å². The molecule has 1 saturated heterocycles. The van der Waals surface area contributed by atoms with E-state index < -0.39 is 0 Å². The molecule has 2 aliphatic heterocycles. The highest BCUT2D eigenvalue weighted by molar-refractivity contribution is 6.45. The molecule has 0 aromatic heterocycles. The summed E-state index contributed by atoms with van der Waals surface area (Å²) in [4.78, 5) is 30.5. The van der Waals surface area contributed by atoms with E-state index in [-0.39, 0.29) is 24.3 Å². The molecule has 32 heavy (non-hydrogen) atoms. The van der Waals surface area contributed by atoms with Crippen LogP contribution in [0.25, 0.3) is 5.57 Å². The van der Waals surface area contributed by atoms with Crippen LogP contribution >= 0.6 is 11.6 Å². The molecule has 2 aliphatic rings. The second-order valence-corrected chi connectivity index (χ2v) is 8.83. The number of anilines is 1. The lowest BCUT2D eigenvalue weighted by molar-refractivity contribution is -0.120. The molecule has 2 aromatic rings. The number of ether oxygens (including phenoxy) is 1. The topological polar surface area (TPSA) is 70.1 Å². The molecule has 0 bridgehead atoms. The number of nitrogens with zero attached hydrogens (tertiary/aromatic N) is 2. The summed E-state index contributed by atoms with van der Waals surface area (Å²) in [5.74, 6) is -0.202. The molecule has 2 amide bonds. The molecule has 7 heteroatoms. The van der Waals surface area contributed by atoms with Gasteiger partial charge in [-0.2, -0.15) is 0 Å². The molecule has 6 nitrogen and oxygen atoms in total. The Balaban J connectivity index is 1.83. The predicted octanol–water partition coefficient (Wildman–Crippen LogP) is 3.95. The van der Waals surface area contributed by atoms with E-state index in [1.807, 2.05) is 36.9 Å². The SMILES string of the molecule is COc1ccc(N2C(=O)C(c3ccc(C)c(C)c3)=C(N3CCCC(CO)C3)C2=O)cc1Cl. The zero-order valence-electron chi connectivity index (χ0n) is 18.5. The molecule has 0 aliphatic carbocycles. The maximum Gasteiger partial charge on any atom is 0.282 e. The maximum atomic E-state index is 13.7. The van der Waals surface area contributed by atoms with E-state index in [4.69, 9.17) is 16.3 Å². The van der Waals surface area contributed by atoms with Gasteiger partial charge in [-0.1, -0.05) is 29.8 Å². The highest BCUT2D eigenvalue weighted by atomic mass is 35.5. The van der Waals surface area contributed by atoms with Crippen molar-refractivity contribution in [3.8, 4) is 5.75 Å². The third-order valence-electron chi connectivity index (χ3n) is 6.34. The highest BCUT2D eigenvalue weighted by Crippen LogP contribution is 2.38. The monoisotopic (exact) mass is 454 g/mol. The Bertz CT molecular complexity index is 1110. The average molecular weight is 455 g/mol. The normalized spacial score (nSPS) is 19.2. The van der Waals surface area contributed by atoms with Crippen LogP contribution < -0.4 is 9.64 Å². The van der Waals surface area contributed by atoms with Gasteiger partial charge in [-0.25, -0.2) is 4.90 Å². The van der Waals surface area contributed by atoms with Crippen LogP contribution in [0.2, 0.25) is 5.02 Å². The molecule has 2 aromatic carbocycles.